The molecule has 0 saturated carbocycles. The van der Waals surface area contributed by atoms with Crippen molar-refractivity contribution >= 4 is 23.1 Å². The van der Waals surface area contributed by atoms with Crippen molar-refractivity contribution in [3.05, 3.63) is 100 Å². The highest BCUT2D eigenvalue weighted by atomic mass is 16.5. The lowest BCUT2D eigenvalue weighted by molar-refractivity contribution is -0.137. The number of nitrogens with zero attached hydrogens (tertiary/aromatic N) is 1. The van der Waals surface area contributed by atoms with E-state index >= 15 is 0 Å². The molecule has 0 unspecified atom stereocenters. The number of carbonyl (C=O) groups is 2. The van der Waals surface area contributed by atoms with Gasteiger partial charge in [0.25, 0.3) is 11.8 Å². The molecule has 1 N–H and O–H groups in total. The molecule has 3 aromatic rings. The summed E-state index contributed by atoms with van der Waals surface area (Å²) in [5, 5.41) is 3.25. The van der Waals surface area contributed by atoms with Crippen LogP contribution in [-0.4, -0.2) is 23.8 Å². The quantitative estimate of drug-likeness (QED) is 0.563. The number of amides is 2. The third kappa shape index (κ3) is 4.02. The van der Waals surface area contributed by atoms with E-state index in [1.807, 2.05) is 75.4 Å². The molecule has 5 nitrogen and oxygen atoms in total. The SMILES string of the molecule is COc1ccccc1C1=C(Nc2ccc(C)cc2C)C(=O)N(Cc2ccc(C)cc2)C1=O. The van der Waals surface area contributed by atoms with Gasteiger partial charge in [-0.2, -0.15) is 0 Å². The Morgan fingerprint density at radius 1 is 0.844 bits per heavy atom. The van der Waals surface area contributed by atoms with Crippen molar-refractivity contribution in [3.63, 3.8) is 0 Å². The first-order valence-electron chi connectivity index (χ1n) is 10.5. The van der Waals surface area contributed by atoms with Gasteiger partial charge in [0, 0.05) is 11.3 Å². The molecule has 0 atom stereocenters. The van der Waals surface area contributed by atoms with Gasteiger partial charge in [-0.05, 0) is 44.0 Å². The number of nitrogens with one attached hydrogen (secondary N) is 1. The molecule has 0 saturated heterocycles. The van der Waals surface area contributed by atoms with Crippen LogP contribution in [0.25, 0.3) is 5.57 Å². The second-order valence-corrected chi connectivity index (χ2v) is 8.08. The van der Waals surface area contributed by atoms with E-state index in [1.165, 1.54) is 4.90 Å². The molecule has 32 heavy (non-hydrogen) atoms. The van der Waals surface area contributed by atoms with Gasteiger partial charge in [-0.25, -0.2) is 0 Å². The van der Waals surface area contributed by atoms with Crippen LogP contribution in [0.3, 0.4) is 0 Å². The van der Waals surface area contributed by atoms with E-state index in [0.29, 0.717) is 16.9 Å². The number of anilines is 1. The zero-order valence-corrected chi connectivity index (χ0v) is 18.7. The predicted octanol–water partition coefficient (Wildman–Crippen LogP) is 5.01. The molecule has 0 fully saturated rings. The van der Waals surface area contributed by atoms with Crippen LogP contribution in [0, 0.1) is 20.8 Å². The van der Waals surface area contributed by atoms with Crippen molar-refractivity contribution in [1.29, 1.82) is 0 Å². The summed E-state index contributed by atoms with van der Waals surface area (Å²) in [5.74, 6) is -0.149. The number of imide groups is 1. The molecule has 2 amide bonds. The Labute approximate surface area is 188 Å². The van der Waals surface area contributed by atoms with Crippen molar-refractivity contribution in [2.45, 2.75) is 27.3 Å². The Bertz CT molecular complexity index is 1230. The summed E-state index contributed by atoms with van der Waals surface area (Å²) in [4.78, 5) is 28.3. The zero-order chi connectivity index (χ0) is 22.8. The first kappa shape index (κ1) is 21.4. The van der Waals surface area contributed by atoms with Crippen LogP contribution in [0.2, 0.25) is 0 Å². The average molecular weight is 427 g/mol. The Morgan fingerprint density at radius 3 is 2.22 bits per heavy atom. The predicted molar refractivity (Wildman–Crippen MR) is 126 cm³/mol. The Balaban J connectivity index is 1.79. The highest BCUT2D eigenvalue weighted by Gasteiger charge is 2.40. The lowest BCUT2D eigenvalue weighted by atomic mass is 10.0. The van der Waals surface area contributed by atoms with Crippen LogP contribution >= 0.6 is 0 Å². The first-order valence-corrected chi connectivity index (χ1v) is 10.5. The molecular formula is C27H26N2O3. The second-order valence-electron chi connectivity index (χ2n) is 8.08. The summed E-state index contributed by atoms with van der Waals surface area (Å²) in [5.41, 5.74) is 6.10. The van der Waals surface area contributed by atoms with Crippen molar-refractivity contribution in [2.24, 2.45) is 0 Å². The topological polar surface area (TPSA) is 58.6 Å². The van der Waals surface area contributed by atoms with Crippen molar-refractivity contribution in [2.75, 3.05) is 12.4 Å². The normalized spacial score (nSPS) is 13.7. The Hall–Kier alpha value is -3.86. The number of carbonyl (C=O) groups excluding carboxylic acids is 2. The number of benzene rings is 3. The summed E-state index contributed by atoms with van der Waals surface area (Å²) in [6.45, 7) is 6.20. The molecule has 0 aliphatic carbocycles. The van der Waals surface area contributed by atoms with Crippen LogP contribution in [0.5, 0.6) is 5.75 Å². The standard InChI is InChI=1S/C27H26N2O3/c1-17-9-12-20(13-10-17)16-29-26(30)24(21-7-5-6-8-23(21)32-4)25(27(29)31)28-22-14-11-18(2)15-19(22)3/h5-15,28H,16H2,1-4H3. The summed E-state index contributed by atoms with van der Waals surface area (Å²) >= 11 is 0. The monoisotopic (exact) mass is 426 g/mol. The van der Waals surface area contributed by atoms with Gasteiger partial charge in [0.15, 0.2) is 0 Å². The van der Waals surface area contributed by atoms with Crippen LogP contribution in [-0.2, 0) is 16.1 Å². The van der Waals surface area contributed by atoms with E-state index < -0.39 is 0 Å². The number of methoxy groups -OCH3 is 1. The lowest BCUT2D eigenvalue weighted by Crippen LogP contribution is -2.32. The summed E-state index contributed by atoms with van der Waals surface area (Å²) in [6.07, 6.45) is 0. The van der Waals surface area contributed by atoms with Crippen molar-refractivity contribution < 1.29 is 14.3 Å². The minimum atomic E-state index is -0.351. The second kappa shape index (κ2) is 8.71. The molecule has 0 aromatic heterocycles. The average Bonchev–Trinajstić information content (AvgIpc) is 3.01. The minimum Gasteiger partial charge on any atom is -0.496 e. The third-order valence-corrected chi connectivity index (χ3v) is 5.65. The number of aryl methyl sites for hydroxylation is 3. The minimum absolute atomic E-state index is 0.203. The number of hydrogen-bond donors (Lipinski definition) is 1. The van der Waals surface area contributed by atoms with Gasteiger partial charge in [-0.3, -0.25) is 14.5 Å². The molecule has 162 valence electrons. The number of para-hydroxylation sites is 1. The molecule has 5 heteroatoms. The van der Waals surface area contributed by atoms with Crippen LogP contribution in [0.15, 0.2) is 72.4 Å². The van der Waals surface area contributed by atoms with E-state index in [-0.39, 0.29) is 24.1 Å². The van der Waals surface area contributed by atoms with Crippen LogP contribution < -0.4 is 10.1 Å². The molecule has 4 rings (SSSR count). The van der Waals surface area contributed by atoms with Gasteiger partial charge in [0.05, 0.1) is 19.2 Å². The van der Waals surface area contributed by atoms with Gasteiger partial charge in [0.2, 0.25) is 0 Å². The van der Waals surface area contributed by atoms with E-state index in [9.17, 15) is 9.59 Å². The molecular weight excluding hydrogens is 400 g/mol. The highest BCUT2D eigenvalue weighted by molar-refractivity contribution is 6.37. The van der Waals surface area contributed by atoms with Gasteiger partial charge in [-0.15, -0.1) is 0 Å². The summed E-state index contributed by atoms with van der Waals surface area (Å²) in [7, 11) is 1.56. The fraction of sp³-hybridized carbons (Fsp3) is 0.185. The first-order chi connectivity index (χ1) is 15.4. The zero-order valence-electron chi connectivity index (χ0n) is 18.7. The van der Waals surface area contributed by atoms with Crippen molar-refractivity contribution in [3.8, 4) is 5.75 Å². The highest BCUT2D eigenvalue weighted by Crippen LogP contribution is 2.36. The van der Waals surface area contributed by atoms with Gasteiger partial charge in [-0.1, -0.05) is 65.7 Å². The Kier molecular flexibility index (Phi) is 5.82. The molecule has 0 bridgehead atoms. The number of ether oxygens (including phenoxy) is 1. The van der Waals surface area contributed by atoms with Crippen LogP contribution in [0.1, 0.15) is 27.8 Å². The van der Waals surface area contributed by atoms with Gasteiger partial charge in [0.1, 0.15) is 11.4 Å². The van der Waals surface area contributed by atoms with E-state index in [2.05, 4.69) is 5.32 Å². The van der Waals surface area contributed by atoms with Gasteiger partial charge >= 0.3 is 0 Å². The fourth-order valence-corrected chi connectivity index (χ4v) is 3.90. The Morgan fingerprint density at radius 2 is 1.53 bits per heavy atom. The summed E-state index contributed by atoms with van der Waals surface area (Å²) < 4.78 is 5.50. The lowest BCUT2D eigenvalue weighted by Gasteiger charge is -2.16. The van der Waals surface area contributed by atoms with E-state index in [0.717, 1.165) is 27.9 Å². The smallest absolute Gasteiger partial charge is 0.278 e. The molecule has 1 heterocycles. The molecule has 0 radical (unpaired) electrons. The maximum atomic E-state index is 13.5. The molecule has 1 aliphatic rings. The number of hydrogen-bond acceptors (Lipinski definition) is 4. The van der Waals surface area contributed by atoms with Crippen molar-refractivity contribution in [1.82, 2.24) is 4.90 Å². The molecule has 1 aliphatic heterocycles. The summed E-state index contributed by atoms with van der Waals surface area (Å²) in [6, 6.07) is 21.0. The molecule has 0 spiro atoms. The number of rotatable bonds is 6. The fourth-order valence-electron chi connectivity index (χ4n) is 3.90. The van der Waals surface area contributed by atoms with E-state index in [1.54, 1.807) is 19.2 Å². The molecule has 3 aromatic carbocycles. The van der Waals surface area contributed by atoms with Crippen LogP contribution in [0.4, 0.5) is 5.69 Å². The maximum Gasteiger partial charge on any atom is 0.278 e. The van der Waals surface area contributed by atoms with Gasteiger partial charge < -0.3 is 10.1 Å². The third-order valence-electron chi connectivity index (χ3n) is 5.65. The van der Waals surface area contributed by atoms with E-state index in [4.69, 9.17) is 4.74 Å². The maximum absolute atomic E-state index is 13.5. The largest absolute Gasteiger partial charge is 0.496 e.